The lowest BCUT2D eigenvalue weighted by molar-refractivity contribution is 0.544. The SMILES string of the molecule is Cc1cc(CS(=O)(=O)CC(C)(C)N)c2ccccc2n1. The number of fused-ring (bicyclic) bond motifs is 1. The Morgan fingerprint density at radius 2 is 1.90 bits per heavy atom. The minimum atomic E-state index is -3.25. The summed E-state index contributed by atoms with van der Waals surface area (Å²) in [5.74, 6) is -0.0345. The van der Waals surface area contributed by atoms with E-state index in [0.29, 0.717) is 0 Å². The smallest absolute Gasteiger partial charge is 0.156 e. The molecule has 108 valence electrons. The Bertz CT molecular complexity index is 731. The van der Waals surface area contributed by atoms with Gasteiger partial charge in [0.25, 0.3) is 0 Å². The van der Waals surface area contributed by atoms with Gasteiger partial charge in [-0.25, -0.2) is 8.42 Å². The van der Waals surface area contributed by atoms with Gasteiger partial charge in [0.15, 0.2) is 9.84 Å². The van der Waals surface area contributed by atoms with Gasteiger partial charge in [-0.3, -0.25) is 4.98 Å². The third-order valence-corrected chi connectivity index (χ3v) is 4.83. The third kappa shape index (κ3) is 3.77. The lowest BCUT2D eigenvalue weighted by atomic mass is 10.1. The molecule has 4 nitrogen and oxygen atoms in total. The van der Waals surface area contributed by atoms with Gasteiger partial charge >= 0.3 is 0 Å². The van der Waals surface area contributed by atoms with Crippen molar-refractivity contribution in [1.82, 2.24) is 4.98 Å². The van der Waals surface area contributed by atoms with Crippen molar-refractivity contribution in [2.24, 2.45) is 5.73 Å². The summed E-state index contributed by atoms with van der Waals surface area (Å²) >= 11 is 0. The zero-order valence-corrected chi connectivity index (χ0v) is 12.9. The van der Waals surface area contributed by atoms with Crippen molar-refractivity contribution in [2.75, 3.05) is 5.75 Å². The van der Waals surface area contributed by atoms with Gasteiger partial charge in [-0.1, -0.05) is 18.2 Å². The average Bonchev–Trinajstić information content (AvgIpc) is 2.24. The van der Waals surface area contributed by atoms with Crippen LogP contribution in [0.4, 0.5) is 0 Å². The molecule has 0 bridgehead atoms. The zero-order valence-electron chi connectivity index (χ0n) is 12.1. The standard InChI is InChI=1S/C15H20N2O2S/c1-11-8-12(9-20(18,19)10-15(2,3)16)13-6-4-5-7-14(13)17-11/h4-8H,9-10,16H2,1-3H3. The van der Waals surface area contributed by atoms with E-state index >= 15 is 0 Å². The summed E-state index contributed by atoms with van der Waals surface area (Å²) in [4.78, 5) is 4.42. The molecule has 0 aliphatic carbocycles. The largest absolute Gasteiger partial charge is 0.325 e. The van der Waals surface area contributed by atoms with Crippen LogP contribution < -0.4 is 5.73 Å². The van der Waals surface area contributed by atoms with Crippen molar-refractivity contribution in [3.05, 3.63) is 41.6 Å². The summed E-state index contributed by atoms with van der Waals surface area (Å²) in [6, 6.07) is 9.42. The molecule has 1 aromatic heterocycles. The first-order valence-corrected chi connectivity index (χ1v) is 8.33. The number of rotatable bonds is 4. The van der Waals surface area contributed by atoms with E-state index in [-0.39, 0.29) is 11.5 Å². The number of sulfone groups is 1. The predicted molar refractivity (Wildman–Crippen MR) is 82.2 cm³/mol. The van der Waals surface area contributed by atoms with Crippen LogP contribution in [0.1, 0.15) is 25.1 Å². The molecule has 0 amide bonds. The second kappa shape index (κ2) is 5.14. The van der Waals surface area contributed by atoms with Crippen molar-refractivity contribution in [1.29, 1.82) is 0 Å². The Morgan fingerprint density at radius 3 is 2.55 bits per heavy atom. The van der Waals surface area contributed by atoms with E-state index in [0.717, 1.165) is 22.2 Å². The average molecular weight is 292 g/mol. The van der Waals surface area contributed by atoms with E-state index in [9.17, 15) is 8.42 Å². The molecular weight excluding hydrogens is 272 g/mol. The minimum Gasteiger partial charge on any atom is -0.325 e. The molecule has 0 aliphatic rings. The highest BCUT2D eigenvalue weighted by atomic mass is 32.2. The molecule has 1 aromatic carbocycles. The summed E-state index contributed by atoms with van der Waals surface area (Å²) in [6.07, 6.45) is 0. The molecule has 0 unspecified atom stereocenters. The number of nitrogens with zero attached hydrogens (tertiary/aromatic N) is 1. The van der Waals surface area contributed by atoms with Crippen molar-refractivity contribution >= 4 is 20.7 Å². The van der Waals surface area contributed by atoms with Gasteiger partial charge in [0.1, 0.15) is 0 Å². The Labute approximate surface area is 119 Å². The van der Waals surface area contributed by atoms with Gasteiger partial charge in [0, 0.05) is 16.6 Å². The van der Waals surface area contributed by atoms with Crippen LogP contribution >= 0.6 is 0 Å². The quantitative estimate of drug-likeness (QED) is 0.937. The summed E-state index contributed by atoms with van der Waals surface area (Å²) in [7, 11) is -3.25. The monoisotopic (exact) mass is 292 g/mol. The van der Waals surface area contributed by atoms with Crippen LogP contribution in [0.25, 0.3) is 10.9 Å². The predicted octanol–water partition coefficient (Wildman–Crippen LogP) is 2.20. The first-order valence-electron chi connectivity index (χ1n) is 6.51. The molecule has 1 heterocycles. The number of aryl methyl sites for hydroxylation is 1. The first-order chi connectivity index (χ1) is 9.16. The molecular formula is C15H20N2O2S. The summed E-state index contributed by atoms with van der Waals surface area (Å²) in [5.41, 5.74) is 7.53. The van der Waals surface area contributed by atoms with Crippen LogP contribution in [0.5, 0.6) is 0 Å². The van der Waals surface area contributed by atoms with Gasteiger partial charge in [-0.05, 0) is 38.5 Å². The topological polar surface area (TPSA) is 73.0 Å². The molecule has 2 rings (SSSR count). The number of pyridine rings is 1. The number of benzene rings is 1. The second-order valence-electron chi connectivity index (χ2n) is 5.96. The molecule has 0 atom stereocenters. The van der Waals surface area contributed by atoms with Gasteiger partial charge in [-0.2, -0.15) is 0 Å². The van der Waals surface area contributed by atoms with Crippen LogP contribution in [0.2, 0.25) is 0 Å². The lowest BCUT2D eigenvalue weighted by Gasteiger charge is -2.18. The maximum atomic E-state index is 12.3. The maximum absolute atomic E-state index is 12.3. The molecule has 5 heteroatoms. The fourth-order valence-electron chi connectivity index (χ4n) is 2.37. The third-order valence-electron chi connectivity index (χ3n) is 2.90. The van der Waals surface area contributed by atoms with Crippen molar-refractivity contribution < 1.29 is 8.42 Å². The van der Waals surface area contributed by atoms with E-state index < -0.39 is 15.4 Å². The van der Waals surface area contributed by atoms with Crippen molar-refractivity contribution in [2.45, 2.75) is 32.1 Å². The minimum absolute atomic E-state index is 0.00248. The summed E-state index contributed by atoms with van der Waals surface area (Å²) < 4.78 is 24.5. The fourth-order valence-corrected chi connectivity index (χ4v) is 4.32. The molecule has 0 radical (unpaired) electrons. The molecule has 0 saturated carbocycles. The molecule has 0 fully saturated rings. The second-order valence-corrected chi connectivity index (χ2v) is 8.03. The van der Waals surface area contributed by atoms with Crippen LogP contribution in [-0.4, -0.2) is 24.7 Å². The van der Waals surface area contributed by atoms with Gasteiger partial charge in [-0.15, -0.1) is 0 Å². The van der Waals surface area contributed by atoms with Crippen LogP contribution in [0.3, 0.4) is 0 Å². The number of hydrogen-bond acceptors (Lipinski definition) is 4. The molecule has 20 heavy (non-hydrogen) atoms. The summed E-state index contributed by atoms with van der Waals surface area (Å²) in [5, 5.41) is 0.886. The highest BCUT2D eigenvalue weighted by Gasteiger charge is 2.23. The Kier molecular flexibility index (Phi) is 3.84. The molecule has 0 aliphatic heterocycles. The zero-order chi connectivity index (χ0) is 15.0. The van der Waals surface area contributed by atoms with E-state index in [2.05, 4.69) is 4.98 Å². The number of para-hydroxylation sites is 1. The molecule has 2 aromatic rings. The Morgan fingerprint density at radius 1 is 1.25 bits per heavy atom. The van der Waals surface area contributed by atoms with E-state index in [1.807, 2.05) is 37.3 Å². The highest BCUT2D eigenvalue weighted by Crippen LogP contribution is 2.21. The fraction of sp³-hybridized carbons (Fsp3) is 0.400. The molecule has 0 spiro atoms. The lowest BCUT2D eigenvalue weighted by Crippen LogP contribution is -2.40. The normalized spacial score (nSPS) is 12.8. The van der Waals surface area contributed by atoms with Crippen LogP contribution in [-0.2, 0) is 15.6 Å². The maximum Gasteiger partial charge on any atom is 0.156 e. The van der Waals surface area contributed by atoms with E-state index in [4.69, 9.17) is 5.73 Å². The van der Waals surface area contributed by atoms with E-state index in [1.54, 1.807) is 13.8 Å². The first kappa shape index (κ1) is 14.9. The summed E-state index contributed by atoms with van der Waals surface area (Å²) in [6.45, 7) is 5.32. The Hall–Kier alpha value is -1.46. The van der Waals surface area contributed by atoms with Gasteiger partial charge < -0.3 is 5.73 Å². The number of aromatic nitrogens is 1. The molecule has 2 N–H and O–H groups in total. The molecule has 0 saturated heterocycles. The highest BCUT2D eigenvalue weighted by molar-refractivity contribution is 7.90. The van der Waals surface area contributed by atoms with E-state index in [1.165, 1.54) is 0 Å². The van der Waals surface area contributed by atoms with Gasteiger partial charge in [0.05, 0.1) is 17.0 Å². The number of hydrogen-bond donors (Lipinski definition) is 1. The van der Waals surface area contributed by atoms with Crippen molar-refractivity contribution in [3.63, 3.8) is 0 Å². The van der Waals surface area contributed by atoms with Crippen LogP contribution in [0, 0.1) is 6.92 Å². The van der Waals surface area contributed by atoms with Crippen molar-refractivity contribution in [3.8, 4) is 0 Å². The Balaban J connectivity index is 2.44. The van der Waals surface area contributed by atoms with Crippen LogP contribution in [0.15, 0.2) is 30.3 Å². The van der Waals surface area contributed by atoms with Gasteiger partial charge in [0.2, 0.25) is 0 Å². The number of nitrogens with two attached hydrogens (primary N) is 1.